The van der Waals surface area contributed by atoms with Crippen LogP contribution in [0.2, 0.25) is 0 Å². The monoisotopic (exact) mass is 302 g/mol. The zero-order valence-electron chi connectivity index (χ0n) is 11.9. The van der Waals surface area contributed by atoms with E-state index in [0.29, 0.717) is 17.6 Å². The van der Waals surface area contributed by atoms with Crippen molar-refractivity contribution >= 4 is 22.5 Å². The largest absolute Gasteiger partial charge is 0.337 e. The number of carbonyl (C=O) groups excluding carboxylic acids is 1. The fourth-order valence-electron chi connectivity index (χ4n) is 2.77. The van der Waals surface area contributed by atoms with Crippen LogP contribution in [0.5, 0.6) is 0 Å². The molecular formula is C15H18N4OS. The number of urea groups is 1. The van der Waals surface area contributed by atoms with Crippen LogP contribution in [0.25, 0.3) is 0 Å². The van der Waals surface area contributed by atoms with Crippen molar-refractivity contribution in [2.75, 3.05) is 11.9 Å². The van der Waals surface area contributed by atoms with Crippen molar-refractivity contribution in [3.63, 3.8) is 0 Å². The molecule has 1 aliphatic carbocycles. The second-order valence-corrected chi connectivity index (χ2v) is 6.43. The average Bonchev–Trinajstić information content (AvgIpc) is 2.90. The van der Waals surface area contributed by atoms with Crippen molar-refractivity contribution in [1.29, 1.82) is 0 Å². The molecule has 0 fully saturated rings. The molecule has 2 aromatic rings. The van der Waals surface area contributed by atoms with Crippen LogP contribution in [0.4, 0.5) is 9.93 Å². The number of carbonyl (C=O) groups is 1. The van der Waals surface area contributed by atoms with Crippen LogP contribution in [-0.4, -0.2) is 22.8 Å². The third kappa shape index (κ3) is 3.39. The Hall–Kier alpha value is -1.95. The lowest BCUT2D eigenvalue weighted by atomic mass is 9.83. The molecule has 2 amide bonds. The molecule has 6 heteroatoms. The highest BCUT2D eigenvalue weighted by Crippen LogP contribution is 2.30. The fourth-order valence-corrected chi connectivity index (χ4v) is 3.36. The number of nitrogens with zero attached hydrogens (tertiary/aromatic N) is 2. The molecule has 0 radical (unpaired) electrons. The zero-order valence-corrected chi connectivity index (χ0v) is 12.7. The Bertz CT molecular complexity index is 640. The molecule has 1 aliphatic rings. The second-order valence-electron chi connectivity index (χ2n) is 5.25. The van der Waals surface area contributed by atoms with Gasteiger partial charge in [0.2, 0.25) is 5.13 Å². The van der Waals surface area contributed by atoms with Gasteiger partial charge in [-0.25, -0.2) is 4.79 Å². The summed E-state index contributed by atoms with van der Waals surface area (Å²) in [5.41, 5.74) is 2.78. The molecule has 0 aliphatic heterocycles. The van der Waals surface area contributed by atoms with Crippen molar-refractivity contribution in [1.82, 2.24) is 15.5 Å². The third-order valence-electron chi connectivity index (χ3n) is 3.75. The third-order valence-corrected chi connectivity index (χ3v) is 4.50. The molecule has 0 saturated carbocycles. The van der Waals surface area contributed by atoms with Crippen LogP contribution in [0, 0.1) is 6.92 Å². The molecular weight excluding hydrogens is 284 g/mol. The first-order valence-corrected chi connectivity index (χ1v) is 7.97. The molecule has 5 nitrogen and oxygen atoms in total. The summed E-state index contributed by atoms with van der Waals surface area (Å²) in [4.78, 5) is 11.9. The molecule has 1 aromatic carbocycles. The van der Waals surface area contributed by atoms with E-state index in [2.05, 4.69) is 45.1 Å². The van der Waals surface area contributed by atoms with Gasteiger partial charge in [-0.15, -0.1) is 10.2 Å². The van der Waals surface area contributed by atoms with Gasteiger partial charge in [0.05, 0.1) is 0 Å². The van der Waals surface area contributed by atoms with Gasteiger partial charge >= 0.3 is 6.03 Å². The van der Waals surface area contributed by atoms with E-state index in [1.807, 2.05) is 6.92 Å². The molecule has 1 atom stereocenters. The molecule has 110 valence electrons. The van der Waals surface area contributed by atoms with Gasteiger partial charge in [0, 0.05) is 12.5 Å². The maximum Gasteiger partial charge on any atom is 0.321 e. The number of amides is 2. The van der Waals surface area contributed by atoms with Gasteiger partial charge in [-0.3, -0.25) is 5.32 Å². The van der Waals surface area contributed by atoms with Crippen LogP contribution in [-0.2, 0) is 6.42 Å². The van der Waals surface area contributed by atoms with Crippen molar-refractivity contribution in [2.24, 2.45) is 0 Å². The van der Waals surface area contributed by atoms with Gasteiger partial charge in [-0.1, -0.05) is 35.6 Å². The highest BCUT2D eigenvalue weighted by molar-refractivity contribution is 7.15. The minimum Gasteiger partial charge on any atom is -0.337 e. The number of hydrogen-bond donors (Lipinski definition) is 2. The number of benzene rings is 1. The summed E-state index contributed by atoms with van der Waals surface area (Å²) >= 11 is 1.37. The van der Waals surface area contributed by atoms with Gasteiger partial charge in [0.1, 0.15) is 5.01 Å². The highest BCUT2D eigenvalue weighted by atomic mass is 32.1. The summed E-state index contributed by atoms with van der Waals surface area (Å²) in [6.45, 7) is 2.51. The van der Waals surface area contributed by atoms with E-state index in [0.717, 1.165) is 17.8 Å². The maximum atomic E-state index is 11.9. The minimum absolute atomic E-state index is 0.214. The second kappa shape index (κ2) is 6.22. The Morgan fingerprint density at radius 3 is 3.05 bits per heavy atom. The van der Waals surface area contributed by atoms with E-state index in [-0.39, 0.29) is 6.03 Å². The molecule has 0 saturated heterocycles. The number of nitrogens with one attached hydrogen (secondary N) is 2. The lowest BCUT2D eigenvalue weighted by Crippen LogP contribution is -2.33. The van der Waals surface area contributed by atoms with Gasteiger partial charge in [0.15, 0.2) is 0 Å². The molecule has 0 bridgehead atoms. The number of aromatic nitrogens is 2. The number of hydrogen-bond acceptors (Lipinski definition) is 4. The summed E-state index contributed by atoms with van der Waals surface area (Å²) < 4.78 is 0. The smallest absolute Gasteiger partial charge is 0.321 e. The Morgan fingerprint density at radius 1 is 1.38 bits per heavy atom. The van der Waals surface area contributed by atoms with Gasteiger partial charge in [0.25, 0.3) is 0 Å². The lowest BCUT2D eigenvalue weighted by molar-refractivity contribution is 0.251. The molecule has 2 N–H and O–H groups in total. The Kier molecular flexibility index (Phi) is 4.15. The van der Waals surface area contributed by atoms with E-state index in [1.165, 1.54) is 28.9 Å². The van der Waals surface area contributed by atoms with Crippen LogP contribution in [0.3, 0.4) is 0 Å². The SMILES string of the molecule is Cc1nnc(NC(=O)NC[C@H]2CCCc3ccccc32)s1. The van der Waals surface area contributed by atoms with Crippen molar-refractivity contribution in [3.8, 4) is 0 Å². The summed E-state index contributed by atoms with van der Waals surface area (Å²) in [5.74, 6) is 0.400. The van der Waals surface area contributed by atoms with E-state index in [4.69, 9.17) is 0 Å². The van der Waals surface area contributed by atoms with Crippen molar-refractivity contribution < 1.29 is 4.79 Å². The lowest BCUT2D eigenvalue weighted by Gasteiger charge is -2.25. The normalized spacial score (nSPS) is 17.1. The average molecular weight is 302 g/mol. The number of anilines is 1. The highest BCUT2D eigenvalue weighted by Gasteiger charge is 2.20. The Labute approximate surface area is 127 Å². The van der Waals surface area contributed by atoms with Gasteiger partial charge < -0.3 is 5.32 Å². The minimum atomic E-state index is -0.214. The summed E-state index contributed by atoms with van der Waals surface area (Å²) in [7, 11) is 0. The Morgan fingerprint density at radius 2 is 2.24 bits per heavy atom. The van der Waals surface area contributed by atoms with E-state index < -0.39 is 0 Å². The molecule has 0 unspecified atom stereocenters. The topological polar surface area (TPSA) is 66.9 Å². The van der Waals surface area contributed by atoms with E-state index in [9.17, 15) is 4.79 Å². The van der Waals surface area contributed by atoms with Crippen LogP contribution in [0.15, 0.2) is 24.3 Å². The molecule has 21 heavy (non-hydrogen) atoms. The first kappa shape index (κ1) is 14.0. The predicted octanol–water partition coefficient (Wildman–Crippen LogP) is 3.09. The first-order valence-electron chi connectivity index (χ1n) is 7.15. The standard InChI is InChI=1S/C15H18N4OS/c1-10-18-19-15(21-10)17-14(20)16-9-12-7-4-6-11-5-2-3-8-13(11)12/h2-3,5,8,12H,4,6-7,9H2,1H3,(H2,16,17,19,20)/t12-/m1/s1. The maximum absolute atomic E-state index is 11.9. The molecule has 1 aromatic heterocycles. The first-order chi connectivity index (χ1) is 10.2. The zero-order chi connectivity index (χ0) is 14.7. The van der Waals surface area contributed by atoms with E-state index in [1.54, 1.807) is 0 Å². The molecule has 1 heterocycles. The van der Waals surface area contributed by atoms with Gasteiger partial charge in [-0.05, 0) is 37.3 Å². The van der Waals surface area contributed by atoms with Crippen molar-refractivity contribution in [3.05, 3.63) is 40.4 Å². The summed E-state index contributed by atoms with van der Waals surface area (Å²) in [5, 5.41) is 14.8. The van der Waals surface area contributed by atoms with E-state index >= 15 is 0 Å². The van der Waals surface area contributed by atoms with Gasteiger partial charge in [-0.2, -0.15) is 0 Å². The number of fused-ring (bicyclic) bond motifs is 1. The fraction of sp³-hybridized carbons (Fsp3) is 0.400. The Balaban J connectivity index is 1.57. The van der Waals surface area contributed by atoms with Crippen LogP contribution < -0.4 is 10.6 Å². The summed E-state index contributed by atoms with van der Waals surface area (Å²) in [6, 6.07) is 8.30. The van der Waals surface area contributed by atoms with Crippen molar-refractivity contribution in [2.45, 2.75) is 32.1 Å². The summed E-state index contributed by atoms with van der Waals surface area (Å²) in [6.07, 6.45) is 3.44. The van der Waals surface area contributed by atoms with Crippen LogP contribution in [0.1, 0.15) is 34.9 Å². The van der Waals surface area contributed by atoms with Crippen LogP contribution >= 0.6 is 11.3 Å². The molecule has 3 rings (SSSR count). The predicted molar refractivity (Wildman–Crippen MR) is 83.8 cm³/mol. The number of rotatable bonds is 3. The number of aryl methyl sites for hydroxylation is 2. The quantitative estimate of drug-likeness (QED) is 0.915. The molecule has 0 spiro atoms.